The zero-order valence-electron chi connectivity index (χ0n) is 14.3. The smallest absolute Gasteiger partial charge is 0.319 e. The molecule has 0 unspecified atom stereocenters. The highest BCUT2D eigenvalue weighted by atomic mass is 16.2. The first-order valence-corrected chi connectivity index (χ1v) is 8.36. The van der Waals surface area contributed by atoms with Gasteiger partial charge in [0.1, 0.15) is 0 Å². The van der Waals surface area contributed by atoms with Gasteiger partial charge in [0.05, 0.1) is 0 Å². The lowest BCUT2D eigenvalue weighted by Gasteiger charge is -2.09. The quantitative estimate of drug-likeness (QED) is 0.665. The van der Waals surface area contributed by atoms with Crippen LogP contribution in [-0.2, 0) is 4.79 Å². The molecule has 4 N–H and O–H groups in total. The molecule has 134 valence electrons. The number of urea groups is 1. The average Bonchev–Trinajstić information content (AvgIpc) is 3.40. The molecule has 0 radical (unpaired) electrons. The van der Waals surface area contributed by atoms with Crippen LogP contribution >= 0.6 is 0 Å². The van der Waals surface area contributed by atoms with Gasteiger partial charge in [0.25, 0.3) is 5.91 Å². The van der Waals surface area contributed by atoms with E-state index < -0.39 is 0 Å². The third kappa shape index (κ3) is 5.07. The Hall–Kier alpha value is -3.35. The molecule has 26 heavy (non-hydrogen) atoms. The highest BCUT2D eigenvalue weighted by Crippen LogP contribution is 2.19. The maximum atomic E-state index is 12.3. The van der Waals surface area contributed by atoms with Crippen molar-refractivity contribution in [1.29, 1.82) is 0 Å². The van der Waals surface area contributed by atoms with Gasteiger partial charge in [-0.05, 0) is 61.4 Å². The lowest BCUT2D eigenvalue weighted by Crippen LogP contribution is -2.30. The van der Waals surface area contributed by atoms with Gasteiger partial charge in [-0.2, -0.15) is 0 Å². The standard InChI is InChI=1S/C19H20N4O3/c1-12(24)20-14-4-2-13(3-5-14)18(25)21-15-6-8-16(9-7-15)22-19(26)23-17-10-11-17/h2-9,17H,10-11H2,1H3,(H,20,24)(H,21,25)(H2,22,23,26). The van der Waals surface area contributed by atoms with E-state index in [1.54, 1.807) is 48.5 Å². The minimum absolute atomic E-state index is 0.165. The molecule has 7 heteroatoms. The van der Waals surface area contributed by atoms with E-state index in [1.165, 1.54) is 6.92 Å². The van der Waals surface area contributed by atoms with Crippen molar-refractivity contribution in [2.24, 2.45) is 0 Å². The fraction of sp³-hybridized carbons (Fsp3) is 0.211. The summed E-state index contributed by atoms with van der Waals surface area (Å²) >= 11 is 0. The number of rotatable bonds is 5. The van der Waals surface area contributed by atoms with E-state index in [-0.39, 0.29) is 17.8 Å². The van der Waals surface area contributed by atoms with Crippen molar-refractivity contribution in [3.8, 4) is 0 Å². The molecule has 0 spiro atoms. The number of carbonyl (C=O) groups excluding carboxylic acids is 3. The van der Waals surface area contributed by atoms with E-state index in [1.807, 2.05) is 0 Å². The summed E-state index contributed by atoms with van der Waals surface area (Å²) < 4.78 is 0. The van der Waals surface area contributed by atoms with Crippen LogP contribution in [0, 0.1) is 0 Å². The largest absolute Gasteiger partial charge is 0.335 e. The molecule has 0 bridgehead atoms. The van der Waals surface area contributed by atoms with Gasteiger partial charge >= 0.3 is 6.03 Å². The Balaban J connectivity index is 1.55. The van der Waals surface area contributed by atoms with Gasteiger partial charge in [-0.1, -0.05) is 0 Å². The molecule has 0 aliphatic heterocycles. The van der Waals surface area contributed by atoms with E-state index in [9.17, 15) is 14.4 Å². The molecule has 1 aliphatic rings. The molecule has 0 atom stereocenters. The van der Waals surface area contributed by atoms with E-state index in [4.69, 9.17) is 0 Å². The molecule has 7 nitrogen and oxygen atoms in total. The molecular weight excluding hydrogens is 332 g/mol. The first-order chi connectivity index (χ1) is 12.5. The Bertz CT molecular complexity index is 812. The molecule has 2 aromatic carbocycles. The molecule has 1 saturated carbocycles. The van der Waals surface area contributed by atoms with Gasteiger partial charge < -0.3 is 21.3 Å². The Labute approximate surface area is 151 Å². The van der Waals surface area contributed by atoms with Gasteiger partial charge in [0.2, 0.25) is 5.91 Å². The van der Waals surface area contributed by atoms with Crippen LogP contribution in [0.4, 0.5) is 21.9 Å². The highest BCUT2D eigenvalue weighted by Gasteiger charge is 2.23. The first-order valence-electron chi connectivity index (χ1n) is 8.36. The van der Waals surface area contributed by atoms with Gasteiger partial charge in [-0.25, -0.2) is 4.79 Å². The molecule has 3 rings (SSSR count). The number of hydrogen-bond donors (Lipinski definition) is 4. The van der Waals surface area contributed by atoms with E-state index >= 15 is 0 Å². The van der Waals surface area contributed by atoms with E-state index in [0.717, 1.165) is 12.8 Å². The fourth-order valence-corrected chi connectivity index (χ4v) is 2.33. The summed E-state index contributed by atoms with van der Waals surface area (Å²) in [4.78, 5) is 34.9. The van der Waals surface area contributed by atoms with Crippen molar-refractivity contribution in [1.82, 2.24) is 5.32 Å². The van der Waals surface area contributed by atoms with Crippen molar-refractivity contribution in [3.05, 3.63) is 54.1 Å². The van der Waals surface area contributed by atoms with Crippen LogP contribution in [0.1, 0.15) is 30.1 Å². The normalized spacial score (nSPS) is 12.8. The van der Waals surface area contributed by atoms with Crippen LogP contribution in [0.2, 0.25) is 0 Å². The van der Waals surface area contributed by atoms with Gasteiger partial charge in [-0.15, -0.1) is 0 Å². The van der Waals surface area contributed by atoms with Gasteiger partial charge in [0.15, 0.2) is 0 Å². The summed E-state index contributed by atoms with van der Waals surface area (Å²) in [6.45, 7) is 1.43. The number of carbonyl (C=O) groups is 3. The third-order valence-electron chi connectivity index (χ3n) is 3.78. The number of amides is 4. The van der Waals surface area contributed by atoms with Crippen LogP contribution in [-0.4, -0.2) is 23.9 Å². The summed E-state index contributed by atoms with van der Waals surface area (Å²) in [6, 6.07) is 13.6. The maximum absolute atomic E-state index is 12.3. The Morgan fingerprint density at radius 1 is 0.769 bits per heavy atom. The van der Waals surface area contributed by atoms with Crippen LogP contribution in [0.15, 0.2) is 48.5 Å². The maximum Gasteiger partial charge on any atom is 0.319 e. The highest BCUT2D eigenvalue weighted by molar-refractivity contribution is 6.04. The molecule has 1 aliphatic carbocycles. The predicted octanol–water partition coefficient (Wildman–Crippen LogP) is 3.18. The van der Waals surface area contributed by atoms with E-state index in [0.29, 0.717) is 28.7 Å². The predicted molar refractivity (Wildman–Crippen MR) is 100 cm³/mol. The third-order valence-corrected chi connectivity index (χ3v) is 3.78. The van der Waals surface area contributed by atoms with Crippen LogP contribution < -0.4 is 21.3 Å². The second-order valence-corrected chi connectivity index (χ2v) is 6.16. The minimum atomic E-state index is -0.258. The molecule has 1 fully saturated rings. The van der Waals surface area contributed by atoms with Gasteiger partial charge in [0, 0.05) is 35.6 Å². The number of anilines is 3. The zero-order chi connectivity index (χ0) is 18.5. The van der Waals surface area contributed by atoms with Crippen molar-refractivity contribution < 1.29 is 14.4 Å². The summed E-state index contributed by atoms with van der Waals surface area (Å²) in [6.07, 6.45) is 2.06. The second-order valence-electron chi connectivity index (χ2n) is 6.16. The summed E-state index contributed by atoms with van der Waals surface area (Å²) in [5.74, 6) is -0.423. The minimum Gasteiger partial charge on any atom is -0.335 e. The SMILES string of the molecule is CC(=O)Nc1ccc(C(=O)Nc2ccc(NC(=O)NC3CC3)cc2)cc1. The summed E-state index contributed by atoms with van der Waals surface area (Å²) in [5, 5.41) is 11.0. The van der Waals surface area contributed by atoms with Gasteiger partial charge in [-0.3, -0.25) is 9.59 Å². The van der Waals surface area contributed by atoms with Crippen molar-refractivity contribution in [3.63, 3.8) is 0 Å². The Morgan fingerprint density at radius 2 is 1.27 bits per heavy atom. The molecule has 0 heterocycles. The number of benzene rings is 2. The summed E-state index contributed by atoms with van der Waals surface area (Å²) in [7, 11) is 0. The van der Waals surface area contributed by atoms with Crippen molar-refractivity contribution in [2.45, 2.75) is 25.8 Å². The van der Waals surface area contributed by atoms with Crippen LogP contribution in [0.3, 0.4) is 0 Å². The molecule has 4 amide bonds. The lowest BCUT2D eigenvalue weighted by atomic mass is 10.2. The molecule has 2 aromatic rings. The van der Waals surface area contributed by atoms with Crippen molar-refractivity contribution in [2.75, 3.05) is 16.0 Å². The molecule has 0 saturated heterocycles. The zero-order valence-corrected chi connectivity index (χ0v) is 14.3. The number of nitrogens with one attached hydrogen (secondary N) is 4. The van der Waals surface area contributed by atoms with Crippen molar-refractivity contribution >= 4 is 34.9 Å². The Kier molecular flexibility index (Phi) is 5.17. The Morgan fingerprint density at radius 3 is 1.81 bits per heavy atom. The number of hydrogen-bond acceptors (Lipinski definition) is 3. The monoisotopic (exact) mass is 352 g/mol. The lowest BCUT2D eigenvalue weighted by molar-refractivity contribution is -0.114. The molecular formula is C19H20N4O3. The van der Waals surface area contributed by atoms with Crippen LogP contribution in [0.25, 0.3) is 0 Å². The van der Waals surface area contributed by atoms with Crippen LogP contribution in [0.5, 0.6) is 0 Å². The second kappa shape index (κ2) is 7.69. The fourth-order valence-electron chi connectivity index (χ4n) is 2.33. The topological polar surface area (TPSA) is 99.3 Å². The first kappa shape index (κ1) is 17.5. The van der Waals surface area contributed by atoms with E-state index in [2.05, 4.69) is 21.3 Å². The summed E-state index contributed by atoms with van der Waals surface area (Å²) in [5.41, 5.74) is 2.38. The molecule has 0 aromatic heterocycles. The average molecular weight is 352 g/mol.